The van der Waals surface area contributed by atoms with Crippen LogP contribution >= 0.6 is 0 Å². The van der Waals surface area contributed by atoms with Gasteiger partial charge in [-0.1, -0.05) is 12.1 Å². The van der Waals surface area contributed by atoms with E-state index in [0.717, 1.165) is 5.56 Å². The van der Waals surface area contributed by atoms with E-state index in [4.69, 9.17) is 4.74 Å². The zero-order valence-corrected chi connectivity index (χ0v) is 17.2. The number of sulfonamides is 1. The molecule has 8 nitrogen and oxygen atoms in total. The summed E-state index contributed by atoms with van der Waals surface area (Å²) in [4.78, 5) is 0.260. The van der Waals surface area contributed by atoms with Crippen molar-refractivity contribution < 1.29 is 13.2 Å². The van der Waals surface area contributed by atoms with Crippen LogP contribution in [0, 0.1) is 13.8 Å². The first-order chi connectivity index (χ1) is 14.4. The predicted molar refractivity (Wildman–Crippen MR) is 112 cm³/mol. The summed E-state index contributed by atoms with van der Waals surface area (Å²) in [5.74, 6) is 1.39. The molecule has 0 unspecified atom stereocenters. The minimum absolute atomic E-state index is 0.260. The minimum Gasteiger partial charge on any atom is -0.438 e. The smallest absolute Gasteiger partial charge is 0.262 e. The second kappa shape index (κ2) is 7.96. The summed E-state index contributed by atoms with van der Waals surface area (Å²) in [6.45, 7) is 3.62. The fraction of sp³-hybridized carbons (Fsp3) is 0.0952. The van der Waals surface area contributed by atoms with Crippen LogP contribution < -0.4 is 9.46 Å². The van der Waals surface area contributed by atoms with Gasteiger partial charge in [0.1, 0.15) is 5.75 Å². The van der Waals surface area contributed by atoms with Crippen LogP contribution in [0.4, 0.5) is 5.69 Å². The molecule has 1 N–H and O–H groups in total. The topological polar surface area (TPSA) is 99.0 Å². The van der Waals surface area contributed by atoms with Gasteiger partial charge < -0.3 is 4.74 Å². The van der Waals surface area contributed by atoms with E-state index in [9.17, 15) is 8.42 Å². The largest absolute Gasteiger partial charge is 0.438 e. The van der Waals surface area contributed by atoms with Crippen LogP contribution in [0.15, 0.2) is 78.0 Å². The second-order valence-electron chi connectivity index (χ2n) is 6.68. The lowest BCUT2D eigenvalue weighted by molar-refractivity contribution is 0.454. The highest BCUT2D eigenvalue weighted by molar-refractivity contribution is 7.92. The standard InChI is InChI=1S/C21H19N5O3S/c1-15-4-5-16(2)19(14-15)30(27,28)25-17-6-8-18(9-7-17)29-21-11-10-20(23-24-21)26-13-3-12-22-26/h3-14,25H,1-2H3. The van der Waals surface area contributed by atoms with Crippen LogP contribution in [0.25, 0.3) is 5.82 Å². The highest BCUT2D eigenvalue weighted by atomic mass is 32.2. The third-order valence-corrected chi connectivity index (χ3v) is 5.85. The molecule has 4 rings (SSSR count). The van der Waals surface area contributed by atoms with Gasteiger partial charge in [0.25, 0.3) is 10.0 Å². The molecule has 0 amide bonds. The summed E-state index contributed by atoms with van der Waals surface area (Å²) in [6.07, 6.45) is 3.42. The summed E-state index contributed by atoms with van der Waals surface area (Å²) >= 11 is 0. The van der Waals surface area contributed by atoms with E-state index < -0.39 is 10.0 Å². The molecular weight excluding hydrogens is 402 g/mol. The highest BCUT2D eigenvalue weighted by Crippen LogP contribution is 2.24. The van der Waals surface area contributed by atoms with E-state index in [2.05, 4.69) is 20.0 Å². The number of anilines is 1. The van der Waals surface area contributed by atoms with Crippen molar-refractivity contribution in [2.24, 2.45) is 0 Å². The number of ether oxygens (including phenoxy) is 1. The van der Waals surface area contributed by atoms with Crippen LogP contribution in [-0.2, 0) is 10.0 Å². The van der Waals surface area contributed by atoms with Gasteiger partial charge in [-0.05, 0) is 67.4 Å². The summed E-state index contributed by atoms with van der Waals surface area (Å²) < 4.78 is 35.3. The Labute approximate surface area is 174 Å². The summed E-state index contributed by atoms with van der Waals surface area (Å²) in [5, 5.41) is 12.2. The average molecular weight is 421 g/mol. The van der Waals surface area contributed by atoms with Crippen LogP contribution in [0.1, 0.15) is 11.1 Å². The molecule has 0 radical (unpaired) electrons. The van der Waals surface area contributed by atoms with Crippen molar-refractivity contribution in [1.29, 1.82) is 0 Å². The van der Waals surface area contributed by atoms with Crippen LogP contribution in [0.5, 0.6) is 11.6 Å². The van der Waals surface area contributed by atoms with Crippen molar-refractivity contribution in [1.82, 2.24) is 20.0 Å². The van der Waals surface area contributed by atoms with Gasteiger partial charge in [0.2, 0.25) is 5.88 Å². The van der Waals surface area contributed by atoms with Gasteiger partial charge in [0.15, 0.2) is 5.82 Å². The third kappa shape index (κ3) is 4.31. The van der Waals surface area contributed by atoms with Crippen LogP contribution in [-0.4, -0.2) is 28.4 Å². The zero-order valence-electron chi connectivity index (χ0n) is 16.4. The minimum atomic E-state index is -3.69. The van der Waals surface area contributed by atoms with E-state index >= 15 is 0 Å². The average Bonchev–Trinajstić information content (AvgIpc) is 3.26. The number of hydrogen-bond donors (Lipinski definition) is 1. The molecule has 152 valence electrons. The molecule has 0 bridgehead atoms. The van der Waals surface area contributed by atoms with Crippen molar-refractivity contribution in [2.75, 3.05) is 4.72 Å². The molecule has 30 heavy (non-hydrogen) atoms. The second-order valence-corrected chi connectivity index (χ2v) is 8.33. The Balaban J connectivity index is 1.46. The normalized spacial score (nSPS) is 11.3. The van der Waals surface area contributed by atoms with Gasteiger partial charge in [0.05, 0.1) is 4.90 Å². The Morgan fingerprint density at radius 1 is 0.967 bits per heavy atom. The lowest BCUT2D eigenvalue weighted by Gasteiger charge is -2.12. The maximum atomic E-state index is 12.7. The van der Waals surface area contributed by atoms with Crippen LogP contribution in [0.3, 0.4) is 0 Å². The molecular formula is C21H19N5O3S. The number of nitrogens with zero attached hydrogens (tertiary/aromatic N) is 4. The van der Waals surface area contributed by atoms with Crippen LogP contribution in [0.2, 0.25) is 0 Å². The summed E-state index contributed by atoms with van der Waals surface area (Å²) in [7, 11) is -3.69. The molecule has 0 aliphatic rings. The lowest BCUT2D eigenvalue weighted by Crippen LogP contribution is -2.14. The maximum Gasteiger partial charge on any atom is 0.262 e. The number of hydrogen-bond acceptors (Lipinski definition) is 6. The van der Waals surface area contributed by atoms with E-state index in [1.165, 1.54) is 0 Å². The first kappa shape index (κ1) is 19.6. The Kier molecular flexibility index (Phi) is 5.20. The Morgan fingerprint density at radius 2 is 1.77 bits per heavy atom. The number of rotatable bonds is 6. The van der Waals surface area contributed by atoms with Crippen molar-refractivity contribution in [3.05, 3.63) is 84.2 Å². The third-order valence-electron chi connectivity index (χ3n) is 4.33. The summed E-state index contributed by atoms with van der Waals surface area (Å²) in [6, 6.07) is 17.1. The molecule has 0 atom stereocenters. The molecule has 2 aromatic carbocycles. The van der Waals surface area contributed by atoms with E-state index in [-0.39, 0.29) is 4.90 Å². The van der Waals surface area contributed by atoms with Gasteiger partial charge in [-0.2, -0.15) is 5.10 Å². The Bertz CT molecular complexity index is 1250. The fourth-order valence-corrected chi connectivity index (χ4v) is 4.20. The Hall–Kier alpha value is -3.72. The molecule has 4 aromatic rings. The lowest BCUT2D eigenvalue weighted by atomic mass is 10.2. The van der Waals surface area contributed by atoms with E-state index in [1.807, 2.05) is 13.0 Å². The number of nitrogens with one attached hydrogen (secondary N) is 1. The van der Waals surface area contributed by atoms with Crippen molar-refractivity contribution >= 4 is 15.7 Å². The zero-order chi connectivity index (χ0) is 21.1. The maximum absolute atomic E-state index is 12.7. The molecule has 0 saturated carbocycles. The molecule has 9 heteroatoms. The fourth-order valence-electron chi connectivity index (χ4n) is 2.81. The number of aromatic nitrogens is 4. The predicted octanol–water partition coefficient (Wildman–Crippen LogP) is 3.87. The highest BCUT2D eigenvalue weighted by Gasteiger charge is 2.17. The van der Waals surface area contributed by atoms with Gasteiger partial charge in [-0.15, -0.1) is 10.2 Å². The monoisotopic (exact) mass is 421 g/mol. The molecule has 0 saturated heterocycles. The van der Waals surface area contributed by atoms with Gasteiger partial charge in [0, 0.05) is 24.1 Å². The van der Waals surface area contributed by atoms with Gasteiger partial charge >= 0.3 is 0 Å². The first-order valence-electron chi connectivity index (χ1n) is 9.12. The number of aryl methyl sites for hydroxylation is 2. The van der Waals surface area contributed by atoms with Crippen molar-refractivity contribution in [2.45, 2.75) is 18.7 Å². The van der Waals surface area contributed by atoms with Gasteiger partial charge in [-0.3, -0.25) is 4.72 Å². The molecule has 2 heterocycles. The molecule has 0 spiro atoms. The van der Waals surface area contributed by atoms with Crippen molar-refractivity contribution in [3.63, 3.8) is 0 Å². The van der Waals surface area contributed by atoms with Gasteiger partial charge in [-0.25, -0.2) is 13.1 Å². The molecule has 0 aliphatic heterocycles. The molecule has 2 aromatic heterocycles. The SMILES string of the molecule is Cc1ccc(C)c(S(=O)(=O)Nc2ccc(Oc3ccc(-n4cccn4)nn3)cc2)c1. The van der Waals surface area contributed by atoms with E-state index in [0.29, 0.717) is 28.7 Å². The molecule has 0 fully saturated rings. The molecule has 0 aliphatic carbocycles. The van der Waals surface area contributed by atoms with Crippen molar-refractivity contribution in [3.8, 4) is 17.4 Å². The Morgan fingerprint density at radius 3 is 2.43 bits per heavy atom. The first-order valence-corrected chi connectivity index (χ1v) is 10.6. The summed E-state index contributed by atoms with van der Waals surface area (Å²) in [5.41, 5.74) is 2.00. The number of benzene rings is 2. The quantitative estimate of drug-likeness (QED) is 0.507. The van der Waals surface area contributed by atoms with E-state index in [1.54, 1.807) is 78.6 Å².